The minimum Gasteiger partial charge on any atom is -0.481 e. The molecule has 0 saturated heterocycles. The van der Waals surface area contributed by atoms with Crippen LogP contribution in [0.15, 0.2) is 6.20 Å². The molecule has 0 spiro atoms. The Bertz CT molecular complexity index is 346. The van der Waals surface area contributed by atoms with Crippen molar-refractivity contribution < 1.29 is 9.47 Å². The Hall–Kier alpha value is -1.83. The second kappa shape index (κ2) is 5.02. The van der Waals surface area contributed by atoms with Gasteiger partial charge >= 0.3 is 6.01 Å². The molecule has 0 N–H and O–H groups in total. The highest BCUT2D eigenvalue weighted by molar-refractivity contribution is 5.25. The monoisotopic (exact) mass is 193 g/mol. The smallest absolute Gasteiger partial charge is 0.319 e. The highest BCUT2D eigenvalue weighted by Gasteiger charge is 2.08. The molecular formula is C9H11N3O2. The molecule has 0 saturated carbocycles. The largest absolute Gasteiger partial charge is 0.481 e. The molecule has 0 aliphatic carbocycles. The van der Waals surface area contributed by atoms with Crippen LogP contribution in [-0.4, -0.2) is 30.7 Å². The van der Waals surface area contributed by atoms with Gasteiger partial charge in [-0.1, -0.05) is 0 Å². The van der Waals surface area contributed by atoms with Gasteiger partial charge in [0.25, 0.3) is 0 Å². The topological polar surface area (TPSA) is 48.6 Å². The molecule has 0 radical (unpaired) electrons. The van der Waals surface area contributed by atoms with Gasteiger partial charge in [-0.3, -0.25) is 0 Å². The van der Waals surface area contributed by atoms with Gasteiger partial charge in [0.15, 0.2) is 0 Å². The molecule has 14 heavy (non-hydrogen) atoms. The molecule has 0 unspecified atom stereocenters. The van der Waals surface area contributed by atoms with Crippen molar-refractivity contribution in [1.29, 1.82) is 0 Å². The molecule has 74 valence electrons. The molecule has 0 bridgehead atoms. The molecule has 0 amide bonds. The van der Waals surface area contributed by atoms with E-state index in [1.165, 1.54) is 14.2 Å². The normalized spacial score (nSPS) is 9.21. The van der Waals surface area contributed by atoms with Crippen molar-refractivity contribution in [3.05, 3.63) is 23.2 Å². The van der Waals surface area contributed by atoms with Crippen LogP contribution in [0.3, 0.4) is 0 Å². The SMILES string of the molecule is [C-]#[N+]CCc1cnc(OC)nc1OC. The maximum Gasteiger partial charge on any atom is 0.319 e. The zero-order chi connectivity index (χ0) is 10.4. The molecule has 1 aromatic heterocycles. The summed E-state index contributed by atoms with van der Waals surface area (Å²) in [6.45, 7) is 7.09. The van der Waals surface area contributed by atoms with E-state index in [0.717, 1.165) is 5.56 Å². The van der Waals surface area contributed by atoms with Crippen molar-refractivity contribution in [1.82, 2.24) is 9.97 Å². The highest BCUT2D eigenvalue weighted by Crippen LogP contribution is 2.17. The van der Waals surface area contributed by atoms with Crippen LogP contribution in [0.1, 0.15) is 5.56 Å². The second-order valence-corrected chi connectivity index (χ2v) is 2.52. The van der Waals surface area contributed by atoms with E-state index in [-0.39, 0.29) is 6.01 Å². The number of rotatable bonds is 4. The first-order valence-corrected chi connectivity index (χ1v) is 4.09. The molecule has 1 aromatic rings. The van der Waals surface area contributed by atoms with Crippen molar-refractivity contribution in [3.8, 4) is 11.9 Å². The van der Waals surface area contributed by atoms with Gasteiger partial charge in [0, 0.05) is 11.8 Å². The molecule has 5 heteroatoms. The van der Waals surface area contributed by atoms with Crippen molar-refractivity contribution in [2.24, 2.45) is 0 Å². The summed E-state index contributed by atoms with van der Waals surface area (Å²) in [5.41, 5.74) is 0.823. The summed E-state index contributed by atoms with van der Waals surface area (Å²) in [6.07, 6.45) is 2.21. The van der Waals surface area contributed by atoms with Crippen molar-refractivity contribution >= 4 is 0 Å². The van der Waals surface area contributed by atoms with Crippen LogP contribution in [0.4, 0.5) is 0 Å². The number of hydrogen-bond donors (Lipinski definition) is 0. The van der Waals surface area contributed by atoms with Crippen LogP contribution in [0.5, 0.6) is 11.9 Å². The minimum absolute atomic E-state index is 0.272. The van der Waals surface area contributed by atoms with E-state index >= 15 is 0 Å². The summed E-state index contributed by atoms with van der Waals surface area (Å²) in [5.74, 6) is 0.473. The van der Waals surface area contributed by atoms with Gasteiger partial charge in [-0.2, -0.15) is 4.98 Å². The Kier molecular flexibility index (Phi) is 3.68. The molecule has 0 aliphatic heterocycles. The van der Waals surface area contributed by atoms with Crippen LogP contribution in [0.25, 0.3) is 4.85 Å². The molecule has 0 aromatic carbocycles. The highest BCUT2D eigenvalue weighted by atomic mass is 16.5. The van der Waals surface area contributed by atoms with Crippen molar-refractivity contribution in [2.75, 3.05) is 20.8 Å². The van der Waals surface area contributed by atoms with E-state index in [1.54, 1.807) is 6.20 Å². The molecule has 1 rings (SSSR count). The lowest BCUT2D eigenvalue weighted by Gasteiger charge is -2.05. The number of ether oxygens (including phenoxy) is 2. The summed E-state index contributed by atoms with van der Waals surface area (Å²) in [4.78, 5) is 11.2. The molecule has 5 nitrogen and oxygen atoms in total. The lowest BCUT2D eigenvalue weighted by atomic mass is 10.2. The zero-order valence-corrected chi connectivity index (χ0v) is 8.15. The van der Waals surface area contributed by atoms with E-state index in [0.29, 0.717) is 18.8 Å². The van der Waals surface area contributed by atoms with E-state index < -0.39 is 0 Å². The third kappa shape index (κ3) is 2.33. The van der Waals surface area contributed by atoms with Gasteiger partial charge in [0.1, 0.15) is 0 Å². The first kappa shape index (κ1) is 10.3. The molecule has 0 fully saturated rings. The van der Waals surface area contributed by atoms with Crippen molar-refractivity contribution in [3.63, 3.8) is 0 Å². The van der Waals surface area contributed by atoms with E-state index in [9.17, 15) is 0 Å². The molecular weight excluding hydrogens is 182 g/mol. The number of hydrogen-bond acceptors (Lipinski definition) is 4. The fourth-order valence-electron chi connectivity index (χ4n) is 0.999. The van der Waals surface area contributed by atoms with Gasteiger partial charge in [-0.15, -0.1) is 0 Å². The average molecular weight is 193 g/mol. The predicted molar refractivity (Wildman–Crippen MR) is 50.3 cm³/mol. The van der Waals surface area contributed by atoms with E-state index in [2.05, 4.69) is 14.8 Å². The maximum atomic E-state index is 6.68. The maximum absolute atomic E-state index is 6.68. The Morgan fingerprint density at radius 1 is 1.43 bits per heavy atom. The van der Waals surface area contributed by atoms with Gasteiger partial charge in [0.2, 0.25) is 12.4 Å². The lowest BCUT2D eigenvalue weighted by molar-refractivity contribution is 0.349. The van der Waals surface area contributed by atoms with Gasteiger partial charge < -0.3 is 14.3 Å². The Labute approximate surface area is 82.5 Å². The third-order valence-electron chi connectivity index (χ3n) is 1.67. The summed E-state index contributed by atoms with van der Waals surface area (Å²) >= 11 is 0. The van der Waals surface area contributed by atoms with Crippen LogP contribution < -0.4 is 9.47 Å². The quantitative estimate of drug-likeness (QED) is 0.668. The van der Waals surface area contributed by atoms with Crippen LogP contribution in [-0.2, 0) is 6.42 Å². The fraction of sp³-hybridized carbons (Fsp3) is 0.444. The molecule has 0 aliphatic rings. The third-order valence-corrected chi connectivity index (χ3v) is 1.67. The van der Waals surface area contributed by atoms with Gasteiger partial charge in [0.05, 0.1) is 20.6 Å². The van der Waals surface area contributed by atoms with Crippen molar-refractivity contribution in [2.45, 2.75) is 6.42 Å². The summed E-state index contributed by atoms with van der Waals surface area (Å²) in [7, 11) is 3.02. The fourth-order valence-corrected chi connectivity index (χ4v) is 0.999. The summed E-state index contributed by atoms with van der Waals surface area (Å²) in [6, 6.07) is 0.272. The summed E-state index contributed by atoms with van der Waals surface area (Å²) in [5, 5.41) is 0. The first-order valence-electron chi connectivity index (χ1n) is 4.09. The number of nitrogens with zero attached hydrogens (tertiary/aromatic N) is 3. The second-order valence-electron chi connectivity index (χ2n) is 2.52. The zero-order valence-electron chi connectivity index (χ0n) is 8.15. The summed E-state index contributed by atoms with van der Waals surface area (Å²) < 4.78 is 9.90. The van der Waals surface area contributed by atoms with Gasteiger partial charge in [-0.25, -0.2) is 11.6 Å². The Morgan fingerprint density at radius 3 is 2.79 bits per heavy atom. The van der Waals surface area contributed by atoms with E-state index in [4.69, 9.17) is 16.0 Å². The van der Waals surface area contributed by atoms with E-state index in [1.807, 2.05) is 0 Å². The predicted octanol–water partition coefficient (Wildman–Crippen LogP) is 0.956. The lowest BCUT2D eigenvalue weighted by Crippen LogP contribution is -2.00. The average Bonchev–Trinajstić information content (AvgIpc) is 2.26. The Balaban J connectivity index is 2.88. The van der Waals surface area contributed by atoms with Crippen LogP contribution in [0, 0.1) is 6.57 Å². The minimum atomic E-state index is 0.272. The Morgan fingerprint density at radius 2 is 2.21 bits per heavy atom. The van der Waals surface area contributed by atoms with Crippen LogP contribution in [0.2, 0.25) is 0 Å². The standard InChI is InChI=1S/C9H11N3O2/c1-10-5-4-7-6-11-9(14-3)12-8(7)13-2/h6H,4-5H2,2-3H3. The van der Waals surface area contributed by atoms with Gasteiger partial charge in [-0.05, 0) is 0 Å². The molecule has 0 atom stereocenters. The molecule has 1 heterocycles. The number of aromatic nitrogens is 2. The van der Waals surface area contributed by atoms with Crippen LogP contribution >= 0.6 is 0 Å². The first-order chi connectivity index (χ1) is 6.81. The number of methoxy groups -OCH3 is 2.